The Labute approximate surface area is 41.1 Å². The van der Waals surface area contributed by atoms with Gasteiger partial charge >= 0.3 is 5.97 Å². The Morgan fingerprint density at radius 1 is 2.33 bits per heavy atom. The molecule has 36 valence electrons. The average Bonchev–Trinajstić information content (AvgIpc) is 1.86. The van der Waals surface area contributed by atoms with Gasteiger partial charge in [0.1, 0.15) is 0 Å². The normalized spacial score (nSPS) is 17.2. The molecule has 0 spiro atoms. The van der Waals surface area contributed by atoms with E-state index in [1.165, 1.54) is 6.92 Å². The van der Waals surface area contributed by atoms with Gasteiger partial charge in [0.15, 0.2) is 0 Å². The molecule has 0 radical (unpaired) electrons. The lowest BCUT2D eigenvalue weighted by Crippen LogP contribution is -1.90. The summed E-state index contributed by atoms with van der Waals surface area (Å²) in [5.41, 5.74) is 0. The van der Waals surface area contributed by atoms with E-state index in [2.05, 4.69) is 5.11 Å². The zero-order valence-corrected chi connectivity index (χ0v) is 3.52. The van der Waals surface area contributed by atoms with Crippen LogP contribution in [0.1, 0.15) is 22.5 Å². The van der Waals surface area contributed by atoms with E-state index < -0.39 is 12.3 Å². The Balaban J connectivity index is 3.97. The highest BCUT2D eigenvalue weighted by Gasteiger charge is 1.87. The number of carbonyl (C=O) groups is 1. The van der Waals surface area contributed by atoms with Crippen LogP contribution in [0.5, 0.6) is 0 Å². The smallest absolute Gasteiger partial charge is 0.303 e. The summed E-state index contributed by atoms with van der Waals surface area (Å²) >= 11 is 0. The van der Waals surface area contributed by atoms with E-state index in [-0.39, 0.29) is 6.42 Å². The van der Waals surface area contributed by atoms with Crippen molar-refractivity contribution >= 4 is 5.97 Å². The molecule has 0 rings (SSSR count). The van der Waals surface area contributed by atoms with Crippen LogP contribution in [0.2, 0.25) is 0 Å². The summed E-state index contributed by atoms with van der Waals surface area (Å²) in [5, 5.41) is 3.44. The Bertz CT molecular complexity index is 112. The highest BCUT2D eigenvalue weighted by atomic mass is 16.4. The SMILES string of the molecule is [2H]OC(=O)C([2H])([2H])CC. The van der Waals surface area contributed by atoms with Gasteiger partial charge in [0.25, 0.3) is 1.43 Å². The summed E-state index contributed by atoms with van der Waals surface area (Å²) in [5.74, 6) is -1.13. The monoisotopic (exact) mass is 91.1 g/mol. The van der Waals surface area contributed by atoms with Gasteiger partial charge in [-0.15, -0.1) is 0 Å². The maximum atomic E-state index is 10.3. The van der Waals surface area contributed by atoms with Crippen LogP contribution in [0.3, 0.4) is 0 Å². The molecular weight excluding hydrogens is 80.0 g/mol. The van der Waals surface area contributed by atoms with Crippen molar-refractivity contribution in [3.8, 4) is 0 Å². The van der Waals surface area contributed by atoms with Crippen molar-refractivity contribution in [2.75, 3.05) is 0 Å². The number of carboxylic acid groups (broad SMARTS) is 1. The summed E-state index contributed by atoms with van der Waals surface area (Å²) in [7, 11) is 0. The maximum absolute atomic E-state index is 10.3. The number of rotatable bonds is 2. The summed E-state index contributed by atoms with van der Waals surface area (Å²) in [4.78, 5) is 10.3. The molecule has 0 aliphatic rings. The molecule has 0 unspecified atom stereocenters. The van der Waals surface area contributed by atoms with E-state index in [4.69, 9.17) is 4.17 Å². The zero-order valence-electron chi connectivity index (χ0n) is 6.52. The van der Waals surface area contributed by atoms with E-state index in [0.717, 1.165) is 0 Å². The fraction of sp³-hybridized carbons (Fsp3) is 0.750. The molecular formula is C4H8O2. The predicted molar refractivity (Wildman–Crippen MR) is 22.5 cm³/mol. The highest BCUT2D eigenvalue weighted by molar-refractivity contribution is 5.66. The van der Waals surface area contributed by atoms with E-state index in [0.29, 0.717) is 0 Å². The molecule has 0 aliphatic carbocycles. The van der Waals surface area contributed by atoms with Crippen LogP contribution in [0.4, 0.5) is 0 Å². The third-order valence-electron chi connectivity index (χ3n) is 0.321. The Kier molecular flexibility index (Phi) is 0.879. The van der Waals surface area contributed by atoms with Crippen LogP contribution in [-0.4, -0.2) is 11.1 Å². The lowest BCUT2D eigenvalue weighted by Gasteiger charge is -1.79. The molecule has 0 bridgehead atoms. The van der Waals surface area contributed by atoms with Gasteiger partial charge in [0, 0.05) is 9.11 Å². The van der Waals surface area contributed by atoms with Crippen LogP contribution in [0.25, 0.3) is 1.43 Å². The van der Waals surface area contributed by atoms with Gasteiger partial charge in [-0.2, -0.15) is 0 Å². The minimum Gasteiger partial charge on any atom is -0.481 e. The molecule has 6 heavy (non-hydrogen) atoms. The molecule has 0 atom stereocenters. The van der Waals surface area contributed by atoms with Crippen molar-refractivity contribution < 1.29 is 12.6 Å². The molecule has 0 amide bonds. The minimum absolute atomic E-state index is 0.0325. The van der Waals surface area contributed by atoms with Crippen LogP contribution in [0.15, 0.2) is 0 Å². The first kappa shape index (κ1) is 1.96. The maximum Gasteiger partial charge on any atom is 0.303 e. The molecule has 0 aromatic carbocycles. The lowest BCUT2D eigenvalue weighted by atomic mass is 10.4. The molecule has 0 aromatic heterocycles. The van der Waals surface area contributed by atoms with Crippen molar-refractivity contribution in [1.82, 2.24) is 0 Å². The molecule has 0 saturated carbocycles. The van der Waals surface area contributed by atoms with E-state index in [9.17, 15) is 4.79 Å². The largest absolute Gasteiger partial charge is 0.481 e. The molecule has 0 saturated heterocycles. The second-order valence-corrected chi connectivity index (χ2v) is 0.818. The van der Waals surface area contributed by atoms with E-state index >= 15 is 0 Å². The molecule has 2 nitrogen and oxygen atoms in total. The predicted octanol–water partition coefficient (Wildman–Crippen LogP) is 0.871. The van der Waals surface area contributed by atoms with Crippen molar-refractivity contribution in [2.45, 2.75) is 19.7 Å². The minimum atomic E-state index is -2.00. The van der Waals surface area contributed by atoms with Gasteiger partial charge in [0.2, 0.25) is 0 Å². The Hall–Kier alpha value is -0.530. The first-order valence-corrected chi connectivity index (χ1v) is 1.72. The van der Waals surface area contributed by atoms with Crippen molar-refractivity contribution in [2.24, 2.45) is 0 Å². The number of hydrogen-bond donors (Lipinski definition) is 1. The summed E-state index contributed by atoms with van der Waals surface area (Å²) in [6.45, 7) is 1.51. The quantitative estimate of drug-likeness (QED) is 0.547. The standard InChI is InChI=1S/C4H8O2/c1-2-3-4(5)6/h2-3H2,1H3,(H,5,6)/i3D2/hD. The number of aliphatic carboxylic acids is 1. The molecule has 0 heterocycles. The van der Waals surface area contributed by atoms with Crippen LogP contribution in [-0.2, 0) is 4.79 Å². The second kappa shape index (κ2) is 2.69. The Morgan fingerprint density at radius 2 is 3.00 bits per heavy atom. The molecule has 1 N–H and O–H groups in total. The third kappa shape index (κ3) is 3.47. The van der Waals surface area contributed by atoms with E-state index in [1.54, 1.807) is 0 Å². The van der Waals surface area contributed by atoms with Crippen molar-refractivity contribution in [3.63, 3.8) is 0 Å². The third-order valence-corrected chi connectivity index (χ3v) is 0.321. The van der Waals surface area contributed by atoms with Gasteiger partial charge in [-0.1, -0.05) is 6.92 Å². The number of carboxylic acids is 1. The first-order valence-electron chi connectivity index (χ1n) is 3.13. The zero-order chi connectivity index (χ0) is 7.49. The molecule has 0 aliphatic heterocycles. The van der Waals surface area contributed by atoms with Gasteiger partial charge in [-0.3, -0.25) is 4.79 Å². The highest BCUT2D eigenvalue weighted by Crippen LogP contribution is 1.82. The lowest BCUT2D eigenvalue weighted by molar-refractivity contribution is -0.137. The van der Waals surface area contributed by atoms with Gasteiger partial charge in [-0.25, -0.2) is 0 Å². The Morgan fingerprint density at radius 3 is 3.17 bits per heavy atom. The van der Waals surface area contributed by atoms with Crippen molar-refractivity contribution in [1.29, 1.82) is 1.43 Å². The van der Waals surface area contributed by atoms with Crippen LogP contribution in [0, 0.1) is 0 Å². The van der Waals surface area contributed by atoms with Gasteiger partial charge in [0.05, 0.1) is 0 Å². The summed E-state index contributed by atoms with van der Waals surface area (Å²) in [6.07, 6.45) is -1.97. The van der Waals surface area contributed by atoms with Gasteiger partial charge in [-0.05, 0) is 6.42 Å². The fourth-order valence-corrected chi connectivity index (χ4v) is 0.144. The summed E-state index contributed by atoms with van der Waals surface area (Å²) < 4.78 is 19.8. The molecule has 0 aromatic rings. The van der Waals surface area contributed by atoms with Crippen LogP contribution < -0.4 is 0 Å². The van der Waals surface area contributed by atoms with Crippen LogP contribution >= 0.6 is 0 Å². The fourth-order valence-electron chi connectivity index (χ4n) is 0.144. The second-order valence-electron chi connectivity index (χ2n) is 0.818. The van der Waals surface area contributed by atoms with Gasteiger partial charge < -0.3 is 5.11 Å². The topological polar surface area (TPSA) is 37.3 Å². The van der Waals surface area contributed by atoms with Crippen molar-refractivity contribution in [3.05, 3.63) is 0 Å². The average molecular weight is 91.1 g/mol. The molecule has 0 fully saturated rings. The number of hydrogen-bond acceptors (Lipinski definition) is 2. The first-order chi connectivity index (χ1) is 4.04. The molecule has 2 heteroatoms. The van der Waals surface area contributed by atoms with E-state index in [1.807, 2.05) is 0 Å². The summed E-state index contributed by atoms with van der Waals surface area (Å²) in [6, 6.07) is 0.